The number of carbonyl (C=O) groups excluding carboxylic acids is 3. The summed E-state index contributed by atoms with van der Waals surface area (Å²) in [6.45, 7) is 2.95. The predicted octanol–water partition coefficient (Wildman–Crippen LogP) is 6.27. The zero-order chi connectivity index (χ0) is 26.8. The average molecular weight is 509 g/mol. The van der Waals surface area contributed by atoms with E-state index in [4.69, 9.17) is 4.42 Å². The Bertz CT molecular complexity index is 1640. The maximum absolute atomic E-state index is 13.8. The van der Waals surface area contributed by atoms with E-state index in [0.29, 0.717) is 28.0 Å². The summed E-state index contributed by atoms with van der Waals surface area (Å²) < 4.78 is 19.4. The first kappa shape index (κ1) is 24.9. The van der Waals surface area contributed by atoms with Crippen LogP contribution < -0.4 is 10.2 Å². The molecule has 1 heterocycles. The highest BCUT2D eigenvalue weighted by Gasteiger charge is 2.35. The van der Waals surface area contributed by atoms with Gasteiger partial charge >= 0.3 is 0 Å². The number of furan rings is 1. The van der Waals surface area contributed by atoms with Crippen molar-refractivity contribution in [1.82, 2.24) is 5.32 Å². The Kier molecular flexibility index (Phi) is 6.75. The molecule has 0 radical (unpaired) electrons. The van der Waals surface area contributed by atoms with E-state index in [9.17, 15) is 18.8 Å². The second-order valence-electron chi connectivity index (χ2n) is 9.11. The molecule has 0 unspecified atom stereocenters. The summed E-state index contributed by atoms with van der Waals surface area (Å²) in [6, 6.07) is 25.7. The van der Waals surface area contributed by atoms with E-state index in [1.54, 1.807) is 61.5 Å². The zero-order valence-electron chi connectivity index (χ0n) is 20.9. The predicted molar refractivity (Wildman–Crippen MR) is 144 cm³/mol. The smallest absolute Gasteiger partial charge is 0.295 e. The molecule has 0 aliphatic heterocycles. The molecule has 190 valence electrons. The van der Waals surface area contributed by atoms with Gasteiger partial charge in [0, 0.05) is 29.4 Å². The fourth-order valence-corrected chi connectivity index (χ4v) is 4.60. The van der Waals surface area contributed by atoms with E-state index in [1.165, 1.54) is 24.0 Å². The maximum Gasteiger partial charge on any atom is 0.295 e. The summed E-state index contributed by atoms with van der Waals surface area (Å²) in [5, 5.41) is 4.70. The molecular weight excluding hydrogens is 483 g/mol. The van der Waals surface area contributed by atoms with Crippen LogP contribution in [0.3, 0.4) is 0 Å². The van der Waals surface area contributed by atoms with Gasteiger partial charge in [-0.2, -0.15) is 0 Å². The van der Waals surface area contributed by atoms with Crippen molar-refractivity contribution >= 4 is 45.2 Å². The molecule has 1 aromatic heterocycles. The highest BCUT2D eigenvalue weighted by Crippen LogP contribution is 2.35. The number of ketones is 1. The lowest BCUT2D eigenvalue weighted by atomic mass is 10.0. The molecule has 0 bridgehead atoms. The number of para-hydroxylation sites is 1. The lowest BCUT2D eigenvalue weighted by molar-refractivity contribution is -0.136. The molecular formula is C31H25FN2O4. The van der Waals surface area contributed by atoms with Crippen molar-refractivity contribution in [2.75, 3.05) is 4.90 Å². The fourth-order valence-electron chi connectivity index (χ4n) is 4.60. The minimum Gasteiger partial charge on any atom is -0.456 e. The molecule has 0 aliphatic rings. The zero-order valence-corrected chi connectivity index (χ0v) is 20.9. The molecule has 0 spiro atoms. The van der Waals surface area contributed by atoms with E-state index in [2.05, 4.69) is 5.32 Å². The molecule has 4 aromatic carbocycles. The van der Waals surface area contributed by atoms with Crippen molar-refractivity contribution in [3.8, 4) is 0 Å². The Hall–Kier alpha value is -4.78. The van der Waals surface area contributed by atoms with Crippen LogP contribution in [0.2, 0.25) is 0 Å². The monoisotopic (exact) mass is 508 g/mol. The standard InChI is InChI=1S/C31H25FN2O4/c1-19(21-12-14-23(32)15-13-21)33-30(36)29(22-8-4-3-5-9-22)34(31(37)20(2)35)24-16-17-26-25-10-6-7-11-27(25)38-28(26)18-24/h3-19,29H,1-2H3,(H,33,36)/t19-,29-/m0/s1. The quantitative estimate of drug-likeness (QED) is 0.263. The number of rotatable bonds is 7. The van der Waals surface area contributed by atoms with Gasteiger partial charge in [-0.1, -0.05) is 60.7 Å². The summed E-state index contributed by atoms with van der Waals surface area (Å²) >= 11 is 0. The summed E-state index contributed by atoms with van der Waals surface area (Å²) in [7, 11) is 0. The van der Waals surface area contributed by atoms with Gasteiger partial charge in [0.15, 0.2) is 0 Å². The second kappa shape index (κ2) is 10.3. The highest BCUT2D eigenvalue weighted by molar-refractivity contribution is 6.41. The van der Waals surface area contributed by atoms with Gasteiger partial charge in [-0.25, -0.2) is 4.39 Å². The van der Waals surface area contributed by atoms with Gasteiger partial charge in [-0.3, -0.25) is 19.3 Å². The minimum absolute atomic E-state index is 0.343. The van der Waals surface area contributed by atoms with Crippen LogP contribution >= 0.6 is 0 Å². The number of hydrogen-bond acceptors (Lipinski definition) is 4. The molecule has 0 saturated heterocycles. The number of nitrogens with zero attached hydrogens (tertiary/aromatic N) is 1. The molecule has 5 aromatic rings. The van der Waals surface area contributed by atoms with E-state index in [0.717, 1.165) is 10.8 Å². The van der Waals surface area contributed by atoms with E-state index < -0.39 is 29.7 Å². The summed E-state index contributed by atoms with van der Waals surface area (Å²) in [5.74, 6) is -2.42. The third-order valence-corrected chi connectivity index (χ3v) is 6.51. The maximum atomic E-state index is 13.8. The SMILES string of the molecule is CC(=O)C(=O)N(c1ccc2c(c1)oc1ccccc12)[C@H](C(=O)N[C@@H](C)c1ccc(F)cc1)c1ccccc1. The van der Waals surface area contributed by atoms with Crippen molar-refractivity contribution in [3.63, 3.8) is 0 Å². The van der Waals surface area contributed by atoms with Gasteiger partial charge < -0.3 is 9.73 Å². The molecule has 2 atom stereocenters. The van der Waals surface area contributed by atoms with Crippen LogP contribution in [0.15, 0.2) is 101 Å². The largest absolute Gasteiger partial charge is 0.456 e. The first-order valence-electron chi connectivity index (χ1n) is 12.2. The number of nitrogens with one attached hydrogen (secondary N) is 1. The Morgan fingerprint density at radius 2 is 1.45 bits per heavy atom. The minimum atomic E-state index is -1.16. The van der Waals surface area contributed by atoms with Crippen molar-refractivity contribution in [2.45, 2.75) is 25.9 Å². The number of halogens is 1. The summed E-state index contributed by atoms with van der Waals surface area (Å²) in [6.07, 6.45) is 0. The molecule has 5 rings (SSSR count). The Balaban J connectivity index is 1.60. The molecule has 7 heteroatoms. The third-order valence-electron chi connectivity index (χ3n) is 6.51. The van der Waals surface area contributed by atoms with Crippen LogP contribution in [0.5, 0.6) is 0 Å². The molecule has 6 nitrogen and oxygen atoms in total. The molecule has 0 fully saturated rings. The summed E-state index contributed by atoms with van der Waals surface area (Å²) in [4.78, 5) is 40.8. The molecule has 2 amide bonds. The van der Waals surface area contributed by atoms with Crippen LogP contribution in [0.1, 0.15) is 37.1 Å². The van der Waals surface area contributed by atoms with Gasteiger partial charge in [0.2, 0.25) is 11.7 Å². The lowest BCUT2D eigenvalue weighted by Gasteiger charge is -2.31. The Morgan fingerprint density at radius 1 is 0.789 bits per heavy atom. The number of Topliss-reactive ketones (excluding diaryl/α,β-unsaturated/α-hetero) is 1. The van der Waals surface area contributed by atoms with Crippen molar-refractivity contribution in [1.29, 1.82) is 0 Å². The van der Waals surface area contributed by atoms with Crippen LogP contribution in [0, 0.1) is 5.82 Å². The Labute approximate surface area is 218 Å². The van der Waals surface area contributed by atoms with Crippen LogP contribution in [-0.2, 0) is 14.4 Å². The van der Waals surface area contributed by atoms with Gasteiger partial charge in [-0.15, -0.1) is 0 Å². The van der Waals surface area contributed by atoms with Crippen LogP contribution in [-0.4, -0.2) is 17.6 Å². The topological polar surface area (TPSA) is 79.6 Å². The van der Waals surface area contributed by atoms with E-state index >= 15 is 0 Å². The van der Waals surface area contributed by atoms with Gasteiger partial charge in [0.05, 0.1) is 6.04 Å². The first-order valence-corrected chi connectivity index (χ1v) is 12.2. The van der Waals surface area contributed by atoms with Crippen molar-refractivity contribution in [3.05, 3.63) is 114 Å². The second-order valence-corrected chi connectivity index (χ2v) is 9.11. The molecule has 0 aliphatic carbocycles. The normalized spacial score (nSPS) is 12.7. The van der Waals surface area contributed by atoms with Gasteiger partial charge in [0.25, 0.3) is 5.91 Å². The average Bonchev–Trinajstić information content (AvgIpc) is 3.29. The van der Waals surface area contributed by atoms with Crippen molar-refractivity contribution < 1.29 is 23.2 Å². The third kappa shape index (κ3) is 4.78. The highest BCUT2D eigenvalue weighted by atomic mass is 19.1. The number of hydrogen-bond donors (Lipinski definition) is 1. The number of anilines is 1. The fraction of sp³-hybridized carbons (Fsp3) is 0.129. The molecule has 1 N–H and O–H groups in total. The van der Waals surface area contributed by atoms with E-state index in [1.807, 2.05) is 30.3 Å². The van der Waals surface area contributed by atoms with E-state index in [-0.39, 0.29) is 5.82 Å². The number of benzene rings is 4. The Morgan fingerprint density at radius 3 is 2.16 bits per heavy atom. The van der Waals surface area contributed by atoms with Crippen molar-refractivity contribution in [2.24, 2.45) is 0 Å². The van der Waals surface area contributed by atoms with Gasteiger partial charge in [0.1, 0.15) is 23.0 Å². The van der Waals surface area contributed by atoms with Gasteiger partial charge in [-0.05, 0) is 48.4 Å². The number of amides is 2. The van der Waals surface area contributed by atoms with Crippen LogP contribution in [0.4, 0.5) is 10.1 Å². The lowest BCUT2D eigenvalue weighted by Crippen LogP contribution is -2.46. The molecule has 0 saturated carbocycles. The molecule has 38 heavy (non-hydrogen) atoms. The number of carbonyl (C=O) groups is 3. The summed E-state index contributed by atoms with van der Waals surface area (Å²) in [5.41, 5.74) is 2.78. The number of fused-ring (bicyclic) bond motifs is 3. The first-order chi connectivity index (χ1) is 18.3. The van der Waals surface area contributed by atoms with Crippen LogP contribution in [0.25, 0.3) is 21.9 Å².